The van der Waals surface area contributed by atoms with Gasteiger partial charge < -0.3 is 20.1 Å². The first-order valence-electron chi connectivity index (χ1n) is 4.97. The van der Waals surface area contributed by atoms with Gasteiger partial charge in [-0.25, -0.2) is 0 Å². The third-order valence-electron chi connectivity index (χ3n) is 1.92. The van der Waals surface area contributed by atoms with Crippen LogP contribution in [0.1, 0.15) is 34.6 Å². The van der Waals surface area contributed by atoms with Crippen LogP contribution in [0.25, 0.3) is 0 Å². The summed E-state index contributed by atoms with van der Waals surface area (Å²) < 4.78 is 0. The zero-order valence-corrected chi connectivity index (χ0v) is 9.76. The van der Waals surface area contributed by atoms with Gasteiger partial charge in [0.05, 0.1) is 0 Å². The molecule has 0 unspecified atom stereocenters. The van der Waals surface area contributed by atoms with E-state index in [4.69, 9.17) is 0 Å². The summed E-state index contributed by atoms with van der Waals surface area (Å²) in [5, 5.41) is 14.0. The Morgan fingerprint density at radius 2 is 1.93 bits per heavy atom. The maximum absolute atomic E-state index is 10.8. The second-order valence-electron chi connectivity index (χ2n) is 4.70. The Balaban J connectivity index is 4.07. The van der Waals surface area contributed by atoms with Gasteiger partial charge in [0.15, 0.2) is 0 Å². The molecule has 0 atom stereocenters. The fourth-order valence-electron chi connectivity index (χ4n) is 1.17. The lowest BCUT2D eigenvalue weighted by Crippen LogP contribution is -2.53. The van der Waals surface area contributed by atoms with Crippen LogP contribution in [0.4, 0.5) is 4.79 Å². The molecule has 1 amide bonds. The third-order valence-corrected chi connectivity index (χ3v) is 1.92. The summed E-state index contributed by atoms with van der Waals surface area (Å²) in [6.45, 7) is 10.8. The molecule has 0 saturated carbocycles. The van der Waals surface area contributed by atoms with Crippen molar-refractivity contribution >= 4 is 6.09 Å². The molecule has 0 aromatic rings. The number of hydrogen-bond donors (Lipinski definition) is 1. The number of carbonyl (C=O) groups excluding carboxylic acids is 1. The molecule has 14 heavy (non-hydrogen) atoms. The number of nitrogens with zero attached hydrogens (tertiary/aromatic N) is 1. The van der Waals surface area contributed by atoms with E-state index >= 15 is 0 Å². The minimum absolute atomic E-state index is 0.374. The zero-order valence-electron chi connectivity index (χ0n) is 9.76. The van der Waals surface area contributed by atoms with Crippen LogP contribution in [0.3, 0.4) is 0 Å². The minimum Gasteiger partial charge on any atom is -0.530 e. The zero-order chi connectivity index (χ0) is 11.4. The Kier molecular flexibility index (Phi) is 4.91. The minimum atomic E-state index is -1.11. The molecule has 0 saturated heterocycles. The van der Waals surface area contributed by atoms with Crippen molar-refractivity contribution in [3.05, 3.63) is 0 Å². The lowest BCUT2D eigenvalue weighted by atomic mass is 10.1. The van der Waals surface area contributed by atoms with Gasteiger partial charge in [-0.05, 0) is 20.8 Å². The van der Waals surface area contributed by atoms with E-state index in [1.54, 1.807) is 0 Å². The Morgan fingerprint density at radius 1 is 1.43 bits per heavy atom. The van der Waals surface area contributed by atoms with Crippen molar-refractivity contribution in [2.75, 3.05) is 13.1 Å². The summed E-state index contributed by atoms with van der Waals surface area (Å²) in [4.78, 5) is 12.1. The van der Waals surface area contributed by atoms with Crippen molar-refractivity contribution < 1.29 is 9.90 Å². The predicted octanol–water partition coefficient (Wildman–Crippen LogP) is 0.428. The van der Waals surface area contributed by atoms with Crippen LogP contribution in [-0.2, 0) is 0 Å². The van der Waals surface area contributed by atoms with Gasteiger partial charge in [-0.3, -0.25) is 0 Å². The predicted molar refractivity (Wildman–Crippen MR) is 55.0 cm³/mol. The lowest BCUT2D eigenvalue weighted by molar-refractivity contribution is -0.270. The van der Waals surface area contributed by atoms with E-state index in [0.717, 1.165) is 0 Å². The highest BCUT2D eigenvalue weighted by molar-refractivity contribution is 5.63. The average molecular weight is 201 g/mol. The van der Waals surface area contributed by atoms with Crippen LogP contribution in [0.2, 0.25) is 0 Å². The Labute approximate surface area is 86.3 Å². The molecule has 0 spiro atoms. The van der Waals surface area contributed by atoms with E-state index in [1.807, 2.05) is 34.6 Å². The molecule has 0 aromatic carbocycles. The first kappa shape index (κ1) is 13.2. The molecule has 0 heterocycles. The van der Waals surface area contributed by atoms with Gasteiger partial charge in [0, 0.05) is 24.7 Å². The van der Waals surface area contributed by atoms with E-state index in [-0.39, 0.29) is 0 Å². The number of rotatable bonds is 4. The van der Waals surface area contributed by atoms with Gasteiger partial charge in [0.2, 0.25) is 0 Å². The molecule has 0 rings (SSSR count). The standard InChI is InChI=1S/C10H22N2O2/c1-8(2)11-6-7-12(9(13)14)10(3,4)5/h8,11H,6-7H2,1-5H3,(H,13,14)/p-1. The smallest absolute Gasteiger partial charge is 0.137 e. The van der Waals surface area contributed by atoms with Crippen LogP contribution >= 0.6 is 0 Å². The molecule has 0 aliphatic rings. The Bertz CT molecular complexity index is 185. The molecule has 0 aromatic heterocycles. The first-order chi connectivity index (χ1) is 6.25. The van der Waals surface area contributed by atoms with Crippen LogP contribution in [0.15, 0.2) is 0 Å². The van der Waals surface area contributed by atoms with Gasteiger partial charge >= 0.3 is 0 Å². The fraction of sp³-hybridized carbons (Fsp3) is 0.900. The van der Waals surface area contributed by atoms with Gasteiger partial charge in [0.25, 0.3) is 0 Å². The number of hydrogen-bond acceptors (Lipinski definition) is 3. The molecular weight excluding hydrogens is 180 g/mol. The maximum atomic E-state index is 10.8. The molecule has 0 aliphatic carbocycles. The molecular formula is C10H21N2O2-. The largest absolute Gasteiger partial charge is 0.530 e. The normalized spacial score (nSPS) is 11.9. The van der Waals surface area contributed by atoms with E-state index < -0.39 is 11.6 Å². The first-order valence-corrected chi connectivity index (χ1v) is 4.97. The Morgan fingerprint density at radius 3 is 2.21 bits per heavy atom. The maximum Gasteiger partial charge on any atom is 0.137 e. The van der Waals surface area contributed by atoms with Crippen molar-refractivity contribution in [1.82, 2.24) is 10.2 Å². The van der Waals surface area contributed by atoms with Crippen LogP contribution < -0.4 is 10.4 Å². The summed E-state index contributed by atoms with van der Waals surface area (Å²) in [6, 6.07) is 0.374. The van der Waals surface area contributed by atoms with Crippen LogP contribution in [-0.4, -0.2) is 35.7 Å². The molecule has 4 nitrogen and oxygen atoms in total. The quantitative estimate of drug-likeness (QED) is 0.717. The topological polar surface area (TPSA) is 55.4 Å². The van der Waals surface area contributed by atoms with E-state index in [9.17, 15) is 9.90 Å². The van der Waals surface area contributed by atoms with E-state index in [1.165, 1.54) is 4.90 Å². The van der Waals surface area contributed by atoms with Crippen LogP contribution in [0.5, 0.6) is 0 Å². The highest BCUT2D eigenvalue weighted by Gasteiger charge is 2.20. The van der Waals surface area contributed by atoms with Crippen molar-refractivity contribution in [2.24, 2.45) is 0 Å². The monoisotopic (exact) mass is 201 g/mol. The highest BCUT2D eigenvalue weighted by Crippen LogP contribution is 2.11. The average Bonchev–Trinajstić information content (AvgIpc) is 1.94. The van der Waals surface area contributed by atoms with E-state index in [2.05, 4.69) is 5.32 Å². The van der Waals surface area contributed by atoms with Crippen LogP contribution in [0, 0.1) is 0 Å². The molecule has 4 heteroatoms. The summed E-state index contributed by atoms with van der Waals surface area (Å²) in [6.07, 6.45) is -1.11. The summed E-state index contributed by atoms with van der Waals surface area (Å²) >= 11 is 0. The van der Waals surface area contributed by atoms with Gasteiger partial charge in [-0.15, -0.1) is 0 Å². The summed E-state index contributed by atoms with van der Waals surface area (Å²) in [5.41, 5.74) is -0.391. The van der Waals surface area contributed by atoms with Crippen molar-refractivity contribution in [1.29, 1.82) is 0 Å². The van der Waals surface area contributed by atoms with Gasteiger partial charge in [-0.1, -0.05) is 13.8 Å². The number of carbonyl (C=O) groups is 1. The number of amides is 1. The highest BCUT2D eigenvalue weighted by atomic mass is 16.4. The summed E-state index contributed by atoms with van der Waals surface area (Å²) in [7, 11) is 0. The molecule has 1 N–H and O–H groups in total. The second-order valence-corrected chi connectivity index (χ2v) is 4.70. The second kappa shape index (κ2) is 5.20. The number of carboxylic acid groups (broad SMARTS) is 1. The SMILES string of the molecule is CC(C)NCCN(C(=O)[O-])C(C)(C)C. The fourth-order valence-corrected chi connectivity index (χ4v) is 1.17. The molecule has 0 aliphatic heterocycles. The summed E-state index contributed by atoms with van der Waals surface area (Å²) in [5.74, 6) is 0. The van der Waals surface area contributed by atoms with Crippen molar-refractivity contribution in [3.63, 3.8) is 0 Å². The third kappa shape index (κ3) is 5.07. The van der Waals surface area contributed by atoms with Crippen molar-refractivity contribution in [2.45, 2.75) is 46.2 Å². The Hall–Kier alpha value is -0.770. The molecule has 0 radical (unpaired) electrons. The van der Waals surface area contributed by atoms with E-state index in [0.29, 0.717) is 19.1 Å². The number of nitrogens with one attached hydrogen (secondary N) is 1. The van der Waals surface area contributed by atoms with Gasteiger partial charge in [-0.2, -0.15) is 0 Å². The van der Waals surface area contributed by atoms with Crippen molar-refractivity contribution in [3.8, 4) is 0 Å². The molecule has 0 fully saturated rings. The lowest BCUT2D eigenvalue weighted by Gasteiger charge is -2.38. The molecule has 84 valence electrons. The molecule has 0 bridgehead atoms. The van der Waals surface area contributed by atoms with Gasteiger partial charge in [0.1, 0.15) is 6.09 Å².